The molecule has 1 fully saturated rings. The van der Waals surface area contributed by atoms with E-state index in [1.165, 1.54) is 18.7 Å². The SMILES string of the molecule is CC(C)[C@H](NC(=O)[C@@H]1CCCN1C(=O)[C@H](CCCN=C(N)N)NC(=O)[C@H](C)NC(=O)[C@@H](NC(=O)CN)[C@@H](C)O)C(=O)N[C@@H](CCCCN)C(=O)O. The van der Waals surface area contributed by atoms with Gasteiger partial charge in [0.2, 0.25) is 35.4 Å². The normalized spacial score (nSPS) is 17.6. The van der Waals surface area contributed by atoms with Crippen molar-refractivity contribution in [3.8, 4) is 0 Å². The minimum absolute atomic E-state index is 0.0491. The second-order valence-electron chi connectivity index (χ2n) is 12.8. The molecule has 0 spiro atoms. The number of hydrogen-bond donors (Lipinski definition) is 11. The Kier molecular flexibility index (Phi) is 19.4. The number of likely N-dealkylation sites (tertiary alicyclic amines) is 1. The van der Waals surface area contributed by atoms with Crippen molar-refractivity contribution in [2.75, 3.05) is 26.2 Å². The van der Waals surface area contributed by atoms with Crippen LogP contribution in [0.3, 0.4) is 0 Å². The van der Waals surface area contributed by atoms with E-state index < -0.39 is 96.2 Å². The highest BCUT2D eigenvalue weighted by Crippen LogP contribution is 2.21. The first-order valence-electron chi connectivity index (χ1n) is 17.1. The number of unbranched alkanes of at least 4 members (excludes halogenated alkanes) is 1. The van der Waals surface area contributed by atoms with E-state index in [2.05, 4.69) is 31.6 Å². The molecular weight excluding hydrogens is 670 g/mol. The number of nitrogens with two attached hydrogens (primary N) is 4. The van der Waals surface area contributed by atoms with Gasteiger partial charge in [-0.05, 0) is 71.3 Å². The molecule has 7 atom stereocenters. The summed E-state index contributed by atoms with van der Waals surface area (Å²) >= 11 is 0. The molecule has 51 heavy (non-hydrogen) atoms. The quantitative estimate of drug-likeness (QED) is 0.0286. The Morgan fingerprint density at radius 2 is 1.41 bits per heavy atom. The number of nitrogens with one attached hydrogen (secondary N) is 5. The molecule has 0 aromatic carbocycles. The minimum Gasteiger partial charge on any atom is -0.480 e. The highest BCUT2D eigenvalue weighted by Gasteiger charge is 2.40. The van der Waals surface area contributed by atoms with E-state index in [0.717, 1.165) is 0 Å². The summed E-state index contributed by atoms with van der Waals surface area (Å²) in [6.07, 6.45) is 0.909. The number of guanidine groups is 1. The zero-order valence-electron chi connectivity index (χ0n) is 29.9. The Labute approximate surface area is 297 Å². The van der Waals surface area contributed by atoms with Crippen LogP contribution in [0.25, 0.3) is 0 Å². The van der Waals surface area contributed by atoms with E-state index in [1.54, 1.807) is 13.8 Å². The summed E-state index contributed by atoms with van der Waals surface area (Å²) in [6, 6.07) is -7.10. The fraction of sp³-hybridized carbons (Fsp3) is 0.742. The van der Waals surface area contributed by atoms with E-state index in [0.29, 0.717) is 25.8 Å². The average Bonchev–Trinajstić information content (AvgIpc) is 3.56. The summed E-state index contributed by atoms with van der Waals surface area (Å²) in [5.74, 6) is -6.07. The summed E-state index contributed by atoms with van der Waals surface area (Å²) < 4.78 is 0. The fourth-order valence-corrected chi connectivity index (χ4v) is 5.36. The standard InChI is InChI=1S/C31H57N11O9/c1-16(2)23(27(47)39-20(30(50)51)9-5-6-12-32)41-26(46)21-11-8-14-42(21)29(49)19(10-7-13-36-31(34)35)38-25(45)17(3)37-28(48)24(18(4)43)40-22(44)15-33/h16-21,23-24,43H,5-15,32-33H2,1-4H3,(H,37,48)(H,38,45)(H,39,47)(H,40,44)(H,41,46)(H,50,51)(H4,34,35,36)/t17-,18+,19-,20-,21-,23-,24-/m0/s1. The molecule has 0 bridgehead atoms. The fourth-order valence-electron chi connectivity index (χ4n) is 5.36. The first-order valence-corrected chi connectivity index (χ1v) is 17.1. The van der Waals surface area contributed by atoms with Gasteiger partial charge in [0.25, 0.3) is 0 Å². The van der Waals surface area contributed by atoms with Crippen LogP contribution in [0, 0.1) is 5.92 Å². The third kappa shape index (κ3) is 15.1. The Balaban J connectivity index is 3.15. The molecule has 6 amide bonds. The van der Waals surface area contributed by atoms with Crippen molar-refractivity contribution in [2.24, 2.45) is 33.8 Å². The van der Waals surface area contributed by atoms with Crippen molar-refractivity contribution in [3.63, 3.8) is 0 Å². The van der Waals surface area contributed by atoms with E-state index in [-0.39, 0.29) is 44.7 Å². The van der Waals surface area contributed by atoms with Gasteiger partial charge in [-0.15, -0.1) is 0 Å². The number of carbonyl (C=O) groups is 7. The molecule has 0 aromatic heterocycles. The lowest BCUT2D eigenvalue weighted by molar-refractivity contribution is -0.144. The predicted molar refractivity (Wildman–Crippen MR) is 186 cm³/mol. The van der Waals surface area contributed by atoms with Gasteiger partial charge in [0, 0.05) is 13.1 Å². The predicted octanol–water partition coefficient (Wildman–Crippen LogP) is -4.32. The van der Waals surface area contributed by atoms with E-state index in [1.807, 2.05) is 0 Å². The third-order valence-corrected chi connectivity index (χ3v) is 8.23. The van der Waals surface area contributed by atoms with Gasteiger partial charge in [0.1, 0.15) is 36.3 Å². The van der Waals surface area contributed by atoms with Crippen LogP contribution in [0.5, 0.6) is 0 Å². The Bertz CT molecular complexity index is 1240. The number of carboxylic acids is 1. The van der Waals surface area contributed by atoms with Crippen molar-refractivity contribution in [3.05, 3.63) is 0 Å². The molecule has 1 aliphatic heterocycles. The van der Waals surface area contributed by atoms with Crippen LogP contribution in [0.1, 0.15) is 72.6 Å². The molecule has 20 nitrogen and oxygen atoms in total. The molecule has 0 radical (unpaired) electrons. The topological polar surface area (TPSA) is 340 Å². The first-order chi connectivity index (χ1) is 23.9. The number of aliphatic imine (C=N–C) groups is 1. The number of carboxylic acid groups (broad SMARTS) is 1. The molecular formula is C31H57N11O9. The van der Waals surface area contributed by atoms with Crippen molar-refractivity contribution in [1.29, 1.82) is 0 Å². The maximum atomic E-state index is 13.9. The molecule has 290 valence electrons. The second-order valence-corrected chi connectivity index (χ2v) is 12.8. The maximum Gasteiger partial charge on any atom is 0.326 e. The van der Waals surface area contributed by atoms with Crippen LogP contribution in [0.15, 0.2) is 4.99 Å². The average molecular weight is 728 g/mol. The molecule has 15 N–H and O–H groups in total. The number of rotatable bonds is 22. The number of amides is 6. The zero-order chi connectivity index (χ0) is 38.8. The molecule has 1 saturated heterocycles. The van der Waals surface area contributed by atoms with Crippen molar-refractivity contribution < 1.29 is 43.8 Å². The number of aliphatic carboxylic acids is 1. The van der Waals surface area contributed by atoms with E-state index >= 15 is 0 Å². The number of hydrogen-bond acceptors (Lipinski definition) is 11. The van der Waals surface area contributed by atoms with Crippen molar-refractivity contribution >= 4 is 47.4 Å². The van der Waals surface area contributed by atoms with Gasteiger partial charge in [-0.25, -0.2) is 4.79 Å². The van der Waals surface area contributed by atoms with E-state index in [9.17, 15) is 43.8 Å². The summed E-state index contributed by atoms with van der Waals surface area (Å²) in [7, 11) is 0. The van der Waals surface area contributed by atoms with Gasteiger partial charge in [-0.2, -0.15) is 0 Å². The zero-order valence-corrected chi connectivity index (χ0v) is 29.9. The smallest absolute Gasteiger partial charge is 0.326 e. The lowest BCUT2D eigenvalue weighted by Crippen LogP contribution is -2.60. The maximum absolute atomic E-state index is 13.9. The molecule has 1 rings (SSSR count). The molecule has 0 aromatic rings. The van der Waals surface area contributed by atoms with Gasteiger partial charge < -0.3 is 64.6 Å². The van der Waals surface area contributed by atoms with Gasteiger partial charge in [0.15, 0.2) is 5.96 Å². The highest BCUT2D eigenvalue weighted by molar-refractivity contribution is 5.97. The highest BCUT2D eigenvalue weighted by atomic mass is 16.4. The van der Waals surface area contributed by atoms with Gasteiger partial charge in [-0.1, -0.05) is 13.8 Å². The van der Waals surface area contributed by atoms with Crippen LogP contribution in [-0.4, -0.2) is 131 Å². The number of carbonyl (C=O) groups excluding carboxylic acids is 6. The van der Waals surface area contributed by atoms with Gasteiger partial charge in [-0.3, -0.25) is 33.8 Å². The van der Waals surface area contributed by atoms with Gasteiger partial charge >= 0.3 is 5.97 Å². The lowest BCUT2D eigenvalue weighted by Gasteiger charge is -2.31. The molecule has 20 heteroatoms. The van der Waals surface area contributed by atoms with Crippen LogP contribution in [0.2, 0.25) is 0 Å². The Morgan fingerprint density at radius 3 is 1.96 bits per heavy atom. The van der Waals surface area contributed by atoms with E-state index in [4.69, 9.17) is 22.9 Å². The summed E-state index contributed by atoms with van der Waals surface area (Å²) in [6.45, 7) is 6.22. The summed E-state index contributed by atoms with van der Waals surface area (Å²) in [4.78, 5) is 95.4. The van der Waals surface area contributed by atoms with Crippen molar-refractivity contribution in [2.45, 2.75) is 115 Å². The van der Waals surface area contributed by atoms with Gasteiger partial charge in [0.05, 0.1) is 12.6 Å². The van der Waals surface area contributed by atoms with Crippen LogP contribution >= 0.6 is 0 Å². The largest absolute Gasteiger partial charge is 0.480 e. The minimum atomic E-state index is -1.40. The summed E-state index contributed by atoms with van der Waals surface area (Å²) in [5, 5.41) is 32.0. The monoisotopic (exact) mass is 727 g/mol. The van der Waals surface area contributed by atoms with Crippen molar-refractivity contribution in [1.82, 2.24) is 31.5 Å². The molecule has 0 saturated carbocycles. The molecule has 1 heterocycles. The Hall–Kier alpha value is -4.56. The molecule has 1 aliphatic rings. The van der Waals surface area contributed by atoms with Crippen LogP contribution in [0.4, 0.5) is 0 Å². The van der Waals surface area contributed by atoms with Crippen LogP contribution in [-0.2, 0) is 33.6 Å². The number of nitrogens with zero attached hydrogens (tertiary/aromatic N) is 2. The molecule has 0 unspecified atom stereocenters. The third-order valence-electron chi connectivity index (χ3n) is 8.23. The lowest BCUT2D eigenvalue weighted by atomic mass is 10.0. The summed E-state index contributed by atoms with van der Waals surface area (Å²) in [5.41, 5.74) is 21.6. The number of aliphatic hydroxyl groups is 1. The second kappa shape index (κ2) is 22.3. The van der Waals surface area contributed by atoms with Crippen LogP contribution < -0.4 is 49.5 Å². The Morgan fingerprint density at radius 1 is 0.804 bits per heavy atom. The molecule has 0 aliphatic carbocycles. The number of aliphatic hydroxyl groups excluding tert-OH is 1. The first kappa shape index (κ1) is 44.5.